The second kappa shape index (κ2) is 10.3. The van der Waals surface area contributed by atoms with Crippen LogP contribution in [-0.2, 0) is 28.2 Å². The minimum absolute atomic E-state index is 0.000488. The van der Waals surface area contributed by atoms with Gasteiger partial charge in [-0.15, -0.1) is 0 Å². The summed E-state index contributed by atoms with van der Waals surface area (Å²) in [7, 11) is 0. The van der Waals surface area contributed by atoms with Crippen LogP contribution in [0.15, 0.2) is 54.7 Å². The molecule has 41 heavy (non-hydrogen) atoms. The van der Waals surface area contributed by atoms with Gasteiger partial charge in [0.2, 0.25) is 0 Å². The highest BCUT2D eigenvalue weighted by molar-refractivity contribution is 6.30. The Labute approximate surface area is 242 Å². The Morgan fingerprint density at radius 2 is 1.98 bits per heavy atom. The quantitative estimate of drug-likeness (QED) is 0.298. The lowest BCUT2D eigenvalue weighted by atomic mass is 9.90. The zero-order chi connectivity index (χ0) is 28.1. The summed E-state index contributed by atoms with van der Waals surface area (Å²) >= 11 is 6.03. The van der Waals surface area contributed by atoms with Crippen molar-refractivity contribution in [1.29, 1.82) is 0 Å². The number of aromatic carboxylic acids is 1. The van der Waals surface area contributed by atoms with Crippen molar-refractivity contribution in [2.45, 2.75) is 63.1 Å². The van der Waals surface area contributed by atoms with Crippen LogP contribution < -0.4 is 9.47 Å². The highest BCUT2D eigenvalue weighted by Gasteiger charge is 2.42. The van der Waals surface area contributed by atoms with Crippen LogP contribution >= 0.6 is 11.6 Å². The monoisotopic (exact) mass is 575 g/mol. The fourth-order valence-electron chi connectivity index (χ4n) is 5.93. The first kappa shape index (κ1) is 26.3. The number of halogens is 1. The van der Waals surface area contributed by atoms with Crippen LogP contribution in [0.1, 0.15) is 59.5 Å². The summed E-state index contributed by atoms with van der Waals surface area (Å²) in [6, 6.07) is 14.7. The highest BCUT2D eigenvalue weighted by atomic mass is 35.5. The van der Waals surface area contributed by atoms with E-state index in [1.165, 1.54) is 0 Å². The average Bonchev–Trinajstić information content (AvgIpc) is 3.47. The van der Waals surface area contributed by atoms with Gasteiger partial charge >= 0.3 is 5.97 Å². The maximum atomic E-state index is 11.6. The topological polar surface area (TPSA) is 105 Å². The number of carboxylic acid groups (broad SMARTS) is 1. The Morgan fingerprint density at radius 1 is 1.10 bits per heavy atom. The molecule has 3 aliphatic heterocycles. The number of aromatic nitrogens is 3. The van der Waals surface area contributed by atoms with E-state index in [1.807, 2.05) is 25.1 Å². The smallest absolute Gasteiger partial charge is 0.335 e. The molecule has 7 rings (SSSR count). The number of carboxylic acids is 1. The number of hydrogen-bond donors (Lipinski definition) is 1. The van der Waals surface area contributed by atoms with Gasteiger partial charge in [0.15, 0.2) is 11.5 Å². The predicted octanol–water partition coefficient (Wildman–Crippen LogP) is 5.72. The molecule has 0 spiro atoms. The largest absolute Gasteiger partial charge is 0.478 e. The first-order valence-electron chi connectivity index (χ1n) is 13.9. The third-order valence-electron chi connectivity index (χ3n) is 8.28. The Bertz CT molecular complexity index is 1610. The standard InChI is InChI=1S/C31H30ClN3O6/c1-31(27-10-7-20(32)15-33-27)40-26-4-2-3-23(29(26)41-31)19-5-8-21(39-17-19)14-28-34-24-9-6-18(30(36)37)13-25(24)35(28)16-22-11-12-38-22/h2-4,6-7,9-10,13,15,19,21-22H,5,8,11-12,14,16-17H2,1H3,(H,36,37)/t19-,21-,22+,31-/m1/s1. The molecular formula is C31H30ClN3O6. The summed E-state index contributed by atoms with van der Waals surface area (Å²) in [4.78, 5) is 20.9. The summed E-state index contributed by atoms with van der Waals surface area (Å²) in [6.45, 7) is 3.82. The SMILES string of the molecule is C[C@@]1(c2ccc(Cl)cn2)Oc2cccc([C@@H]3CC[C@H](Cc4nc5ccc(C(=O)O)cc5n4C[C@@H]4CCO4)OC3)c2O1. The number of para-hydroxylation sites is 1. The summed E-state index contributed by atoms with van der Waals surface area (Å²) in [5, 5.41) is 10.1. The van der Waals surface area contributed by atoms with E-state index in [0.717, 1.165) is 54.0 Å². The van der Waals surface area contributed by atoms with Gasteiger partial charge in [-0.2, -0.15) is 0 Å². The first-order valence-corrected chi connectivity index (χ1v) is 14.3. The molecule has 2 aromatic heterocycles. The molecule has 4 aromatic rings. The van der Waals surface area contributed by atoms with Gasteiger partial charge in [-0.1, -0.05) is 23.7 Å². The highest BCUT2D eigenvalue weighted by Crippen LogP contribution is 2.49. The molecule has 2 fully saturated rings. The Hall–Kier alpha value is -3.66. The van der Waals surface area contributed by atoms with E-state index < -0.39 is 11.8 Å². The number of ether oxygens (including phenoxy) is 4. The molecule has 2 saturated heterocycles. The van der Waals surface area contributed by atoms with Crippen LogP contribution in [0.5, 0.6) is 11.5 Å². The van der Waals surface area contributed by atoms with E-state index in [1.54, 1.807) is 30.5 Å². The van der Waals surface area contributed by atoms with Crippen LogP contribution in [0.25, 0.3) is 11.0 Å². The number of carbonyl (C=O) groups is 1. The lowest BCUT2D eigenvalue weighted by Gasteiger charge is -2.31. The molecule has 0 radical (unpaired) electrons. The molecule has 5 heterocycles. The number of imidazole rings is 1. The number of pyridine rings is 1. The van der Waals surface area contributed by atoms with E-state index in [0.29, 0.717) is 36.0 Å². The molecule has 0 saturated carbocycles. The molecule has 3 aliphatic rings. The van der Waals surface area contributed by atoms with E-state index in [9.17, 15) is 9.90 Å². The summed E-state index contributed by atoms with van der Waals surface area (Å²) in [6.07, 6.45) is 5.12. The van der Waals surface area contributed by atoms with Crippen molar-refractivity contribution in [1.82, 2.24) is 14.5 Å². The van der Waals surface area contributed by atoms with Gasteiger partial charge in [0.05, 0.1) is 47.0 Å². The number of nitrogens with zero attached hydrogens (tertiary/aromatic N) is 3. The molecule has 212 valence electrons. The molecule has 0 unspecified atom stereocenters. The molecule has 0 bridgehead atoms. The van der Waals surface area contributed by atoms with Gasteiger partial charge in [-0.3, -0.25) is 4.98 Å². The number of fused-ring (bicyclic) bond motifs is 2. The van der Waals surface area contributed by atoms with Crippen LogP contribution in [0.3, 0.4) is 0 Å². The second-order valence-electron chi connectivity index (χ2n) is 11.0. The van der Waals surface area contributed by atoms with Crippen LogP contribution in [0.4, 0.5) is 0 Å². The van der Waals surface area contributed by atoms with Crippen molar-refractivity contribution in [3.8, 4) is 11.5 Å². The van der Waals surface area contributed by atoms with E-state index in [-0.39, 0.29) is 23.7 Å². The van der Waals surface area contributed by atoms with Crippen molar-refractivity contribution in [3.63, 3.8) is 0 Å². The van der Waals surface area contributed by atoms with E-state index in [2.05, 4.69) is 15.6 Å². The van der Waals surface area contributed by atoms with Gasteiger partial charge < -0.3 is 28.6 Å². The molecule has 0 aliphatic carbocycles. The second-order valence-corrected chi connectivity index (χ2v) is 11.5. The van der Waals surface area contributed by atoms with Gasteiger partial charge in [-0.25, -0.2) is 9.78 Å². The number of rotatable bonds is 7. The van der Waals surface area contributed by atoms with Crippen LogP contribution in [0.2, 0.25) is 5.02 Å². The molecule has 4 atom stereocenters. The molecule has 1 N–H and O–H groups in total. The third kappa shape index (κ3) is 4.92. The molecule has 10 heteroatoms. The lowest BCUT2D eigenvalue weighted by Crippen LogP contribution is -2.33. The first-order chi connectivity index (χ1) is 19.9. The average molecular weight is 576 g/mol. The van der Waals surface area contributed by atoms with Crippen molar-refractivity contribution >= 4 is 28.6 Å². The van der Waals surface area contributed by atoms with Crippen LogP contribution in [-0.4, -0.2) is 51.0 Å². The number of hydrogen-bond acceptors (Lipinski definition) is 7. The van der Waals surface area contributed by atoms with Crippen molar-refractivity contribution in [3.05, 3.63) is 82.4 Å². The minimum atomic E-state index is -1.04. The van der Waals surface area contributed by atoms with Gasteiger partial charge in [-0.05, 0) is 55.7 Å². The van der Waals surface area contributed by atoms with Crippen molar-refractivity contribution in [2.75, 3.05) is 13.2 Å². The maximum Gasteiger partial charge on any atom is 0.335 e. The molecule has 9 nitrogen and oxygen atoms in total. The minimum Gasteiger partial charge on any atom is -0.478 e. The molecular weight excluding hydrogens is 546 g/mol. The zero-order valence-electron chi connectivity index (χ0n) is 22.6. The van der Waals surface area contributed by atoms with Crippen molar-refractivity contribution in [2.24, 2.45) is 0 Å². The summed E-state index contributed by atoms with van der Waals surface area (Å²) in [5.74, 6) is 0.488. The zero-order valence-corrected chi connectivity index (χ0v) is 23.3. The maximum absolute atomic E-state index is 11.6. The molecule has 0 amide bonds. The predicted molar refractivity (Wildman–Crippen MR) is 151 cm³/mol. The number of benzene rings is 2. The normalized spacial score (nSPS) is 25.3. The van der Waals surface area contributed by atoms with Crippen LogP contribution in [0, 0.1) is 0 Å². The fourth-order valence-corrected chi connectivity index (χ4v) is 6.04. The third-order valence-corrected chi connectivity index (χ3v) is 8.50. The Balaban J connectivity index is 1.07. The van der Waals surface area contributed by atoms with Crippen molar-refractivity contribution < 1.29 is 28.8 Å². The Kier molecular flexibility index (Phi) is 6.60. The summed E-state index contributed by atoms with van der Waals surface area (Å²) in [5.41, 5.74) is 3.57. The van der Waals surface area contributed by atoms with E-state index >= 15 is 0 Å². The van der Waals surface area contributed by atoms with E-state index in [4.69, 9.17) is 35.5 Å². The van der Waals surface area contributed by atoms with Gasteiger partial charge in [0.25, 0.3) is 5.79 Å². The van der Waals surface area contributed by atoms with Gasteiger partial charge in [0.1, 0.15) is 11.5 Å². The summed E-state index contributed by atoms with van der Waals surface area (Å²) < 4.78 is 26.9. The Morgan fingerprint density at radius 3 is 2.68 bits per heavy atom. The fraction of sp³-hybridized carbons (Fsp3) is 0.387. The molecule has 2 aromatic carbocycles. The van der Waals surface area contributed by atoms with Gasteiger partial charge in [0, 0.05) is 37.6 Å². The lowest BCUT2D eigenvalue weighted by molar-refractivity contribution is -0.0726.